The van der Waals surface area contributed by atoms with Crippen LogP contribution in [0.1, 0.15) is 21.5 Å². The molecule has 7 heteroatoms. The van der Waals surface area contributed by atoms with Gasteiger partial charge in [0.15, 0.2) is 0 Å². The third-order valence-electron chi connectivity index (χ3n) is 5.12. The van der Waals surface area contributed by atoms with Crippen molar-refractivity contribution in [2.24, 2.45) is 5.14 Å². The Morgan fingerprint density at radius 3 is 2.26 bits per heavy atom. The average Bonchev–Trinajstić information content (AvgIpc) is 2.77. The van der Waals surface area contributed by atoms with Crippen molar-refractivity contribution in [2.75, 3.05) is 0 Å². The molecule has 0 spiro atoms. The summed E-state index contributed by atoms with van der Waals surface area (Å²) in [4.78, 5) is 18.0. The molecule has 1 aromatic heterocycles. The first-order valence-corrected chi connectivity index (χ1v) is 11.2. The predicted octanol–water partition coefficient (Wildman–Crippen LogP) is 3.79. The molecule has 156 valence electrons. The zero-order valence-corrected chi connectivity index (χ0v) is 17.7. The van der Waals surface area contributed by atoms with E-state index in [1.807, 2.05) is 61.5 Å². The number of carbonyl (C=O) groups excluding carboxylic acids is 1. The Morgan fingerprint density at radius 2 is 1.58 bits per heavy atom. The van der Waals surface area contributed by atoms with E-state index in [-0.39, 0.29) is 17.3 Å². The minimum atomic E-state index is -3.75. The molecule has 31 heavy (non-hydrogen) atoms. The van der Waals surface area contributed by atoms with Crippen LogP contribution in [0.2, 0.25) is 0 Å². The van der Waals surface area contributed by atoms with E-state index in [9.17, 15) is 13.2 Å². The zero-order chi connectivity index (χ0) is 22.0. The van der Waals surface area contributed by atoms with Gasteiger partial charge in [-0.3, -0.25) is 4.79 Å². The maximum absolute atomic E-state index is 13.2. The second-order valence-electron chi connectivity index (χ2n) is 7.22. The van der Waals surface area contributed by atoms with Crippen LogP contribution >= 0.6 is 0 Å². The highest BCUT2D eigenvalue weighted by Crippen LogP contribution is 2.29. The number of primary sulfonamides is 1. The van der Waals surface area contributed by atoms with Gasteiger partial charge in [0.2, 0.25) is 10.0 Å². The summed E-state index contributed by atoms with van der Waals surface area (Å²) in [5, 5.41) is 8.85. The van der Waals surface area contributed by atoms with Gasteiger partial charge in [0.1, 0.15) is 0 Å². The number of pyridine rings is 1. The number of para-hydroxylation sites is 1. The summed E-state index contributed by atoms with van der Waals surface area (Å²) in [7, 11) is -3.75. The molecule has 1 heterocycles. The quantitative estimate of drug-likeness (QED) is 0.502. The first-order valence-electron chi connectivity index (χ1n) is 9.69. The van der Waals surface area contributed by atoms with Crippen LogP contribution in [0.5, 0.6) is 0 Å². The normalized spacial score (nSPS) is 11.4. The van der Waals surface area contributed by atoms with Crippen molar-refractivity contribution in [3.63, 3.8) is 0 Å². The lowest BCUT2D eigenvalue weighted by molar-refractivity contribution is 0.0952. The Labute approximate surface area is 180 Å². The third kappa shape index (κ3) is 4.33. The zero-order valence-electron chi connectivity index (χ0n) is 16.9. The summed E-state index contributed by atoms with van der Waals surface area (Å²) in [6, 6.07) is 23.4. The molecular formula is C24H21N3O3S. The fraction of sp³-hybridized carbons (Fsp3) is 0.0833. The molecule has 3 aromatic carbocycles. The first-order chi connectivity index (χ1) is 14.8. The van der Waals surface area contributed by atoms with Gasteiger partial charge < -0.3 is 5.32 Å². The van der Waals surface area contributed by atoms with E-state index in [0.29, 0.717) is 5.56 Å². The van der Waals surface area contributed by atoms with Gasteiger partial charge in [-0.2, -0.15) is 0 Å². The molecule has 1 amide bonds. The average molecular weight is 432 g/mol. The van der Waals surface area contributed by atoms with Crippen LogP contribution in [0.4, 0.5) is 0 Å². The van der Waals surface area contributed by atoms with Crippen LogP contribution in [0.25, 0.3) is 22.2 Å². The third-order valence-corrected chi connectivity index (χ3v) is 6.04. The number of hydrogen-bond donors (Lipinski definition) is 2. The van der Waals surface area contributed by atoms with Crippen molar-refractivity contribution >= 4 is 26.8 Å². The minimum absolute atomic E-state index is 0.0334. The van der Waals surface area contributed by atoms with Crippen molar-refractivity contribution < 1.29 is 13.2 Å². The monoisotopic (exact) mass is 431 g/mol. The molecule has 4 rings (SSSR count). The van der Waals surface area contributed by atoms with Crippen LogP contribution in [-0.4, -0.2) is 19.3 Å². The molecule has 4 aromatic rings. The van der Waals surface area contributed by atoms with Gasteiger partial charge in [-0.15, -0.1) is 0 Å². The first kappa shape index (κ1) is 20.7. The smallest absolute Gasteiger partial charge is 0.252 e. The number of carbonyl (C=O) groups is 1. The maximum Gasteiger partial charge on any atom is 0.252 e. The molecule has 0 radical (unpaired) electrons. The lowest BCUT2D eigenvalue weighted by atomic mass is 9.97. The standard InChI is InChI=1S/C24H21N3O3S/c1-16-22(24(28)26-15-17-11-13-19(14-12-17)31(25,29)30)20-9-5-6-10-21(20)27-23(16)18-7-3-2-4-8-18/h2-14H,15H2,1H3,(H,26,28)(H2,25,29,30). The van der Waals surface area contributed by atoms with Crippen LogP contribution in [-0.2, 0) is 16.6 Å². The maximum atomic E-state index is 13.2. The number of sulfonamides is 1. The SMILES string of the molecule is Cc1c(-c2ccccc2)nc2ccccc2c1C(=O)NCc1ccc(S(N)(=O)=O)cc1. The molecule has 0 saturated carbocycles. The molecular weight excluding hydrogens is 410 g/mol. The number of nitrogens with zero attached hydrogens (tertiary/aromatic N) is 1. The number of benzene rings is 3. The van der Waals surface area contributed by atoms with Crippen LogP contribution in [0.3, 0.4) is 0 Å². The summed E-state index contributed by atoms with van der Waals surface area (Å²) in [5.74, 6) is -0.219. The molecule has 0 aliphatic carbocycles. The van der Waals surface area contributed by atoms with Crippen LogP contribution in [0.15, 0.2) is 83.8 Å². The summed E-state index contributed by atoms with van der Waals surface area (Å²) in [5.41, 5.74) is 4.59. The highest BCUT2D eigenvalue weighted by molar-refractivity contribution is 7.89. The number of amides is 1. The van der Waals surface area contributed by atoms with Gasteiger partial charge >= 0.3 is 0 Å². The molecule has 0 unspecified atom stereocenters. The topological polar surface area (TPSA) is 102 Å². The Kier molecular flexibility index (Phi) is 5.54. The number of nitrogens with one attached hydrogen (secondary N) is 1. The fourth-order valence-corrected chi connectivity index (χ4v) is 4.06. The highest BCUT2D eigenvalue weighted by Gasteiger charge is 2.18. The number of hydrogen-bond acceptors (Lipinski definition) is 4. The van der Waals surface area contributed by atoms with Gasteiger partial charge in [-0.05, 0) is 36.2 Å². The highest BCUT2D eigenvalue weighted by atomic mass is 32.2. The fourth-order valence-electron chi connectivity index (χ4n) is 3.54. The van der Waals surface area contributed by atoms with Gasteiger partial charge in [0.05, 0.1) is 21.7 Å². The molecule has 0 aliphatic rings. The summed E-state index contributed by atoms with van der Waals surface area (Å²) < 4.78 is 22.8. The lowest BCUT2D eigenvalue weighted by Gasteiger charge is -2.15. The van der Waals surface area contributed by atoms with Crippen LogP contribution < -0.4 is 10.5 Å². The van der Waals surface area contributed by atoms with Crippen molar-refractivity contribution in [3.05, 3.63) is 95.6 Å². The van der Waals surface area contributed by atoms with E-state index in [2.05, 4.69) is 5.32 Å². The largest absolute Gasteiger partial charge is 0.348 e. The van der Waals surface area contributed by atoms with Crippen molar-refractivity contribution in [1.82, 2.24) is 10.3 Å². The molecule has 0 atom stereocenters. The van der Waals surface area contributed by atoms with E-state index >= 15 is 0 Å². The Morgan fingerprint density at radius 1 is 0.935 bits per heavy atom. The summed E-state index contributed by atoms with van der Waals surface area (Å²) in [6.07, 6.45) is 0. The molecule has 6 nitrogen and oxygen atoms in total. The number of rotatable bonds is 5. The minimum Gasteiger partial charge on any atom is -0.348 e. The molecule has 0 bridgehead atoms. The summed E-state index contributed by atoms with van der Waals surface area (Å²) >= 11 is 0. The van der Waals surface area contributed by atoms with Gasteiger partial charge in [-0.1, -0.05) is 60.7 Å². The van der Waals surface area contributed by atoms with E-state index < -0.39 is 10.0 Å². The Hall–Kier alpha value is -3.55. The predicted molar refractivity (Wildman–Crippen MR) is 121 cm³/mol. The number of fused-ring (bicyclic) bond motifs is 1. The van der Waals surface area contributed by atoms with Crippen molar-refractivity contribution in [2.45, 2.75) is 18.4 Å². The lowest BCUT2D eigenvalue weighted by Crippen LogP contribution is -2.24. The molecule has 0 fully saturated rings. The Balaban J connectivity index is 1.68. The summed E-state index contributed by atoms with van der Waals surface area (Å²) in [6.45, 7) is 2.15. The Bertz CT molecular complexity index is 1370. The van der Waals surface area contributed by atoms with Gasteiger partial charge in [0, 0.05) is 17.5 Å². The molecule has 3 N–H and O–H groups in total. The molecule has 0 aliphatic heterocycles. The second-order valence-corrected chi connectivity index (χ2v) is 8.78. The van der Waals surface area contributed by atoms with Gasteiger partial charge in [0.25, 0.3) is 5.91 Å². The second kappa shape index (κ2) is 8.29. The van der Waals surface area contributed by atoms with Crippen LogP contribution in [0, 0.1) is 6.92 Å². The van der Waals surface area contributed by atoms with E-state index in [1.54, 1.807) is 12.1 Å². The molecule has 0 saturated heterocycles. The van der Waals surface area contributed by atoms with Crippen molar-refractivity contribution in [1.29, 1.82) is 0 Å². The number of aromatic nitrogens is 1. The number of nitrogens with two attached hydrogens (primary N) is 1. The van der Waals surface area contributed by atoms with Gasteiger partial charge in [-0.25, -0.2) is 18.5 Å². The van der Waals surface area contributed by atoms with Crippen molar-refractivity contribution in [3.8, 4) is 11.3 Å². The van der Waals surface area contributed by atoms with E-state index in [0.717, 1.165) is 33.3 Å². The van der Waals surface area contributed by atoms with E-state index in [1.165, 1.54) is 12.1 Å². The van der Waals surface area contributed by atoms with E-state index in [4.69, 9.17) is 10.1 Å².